The van der Waals surface area contributed by atoms with Gasteiger partial charge in [0.05, 0.1) is 0 Å². The van der Waals surface area contributed by atoms with E-state index in [1.807, 2.05) is 13.8 Å². The van der Waals surface area contributed by atoms with Crippen LogP contribution >= 0.6 is 0 Å². The molecule has 1 aliphatic rings. The molecule has 0 spiro atoms. The molecule has 0 atom stereocenters. The maximum Gasteiger partial charge on any atom is 0.228 e. The summed E-state index contributed by atoms with van der Waals surface area (Å²) in [5.74, 6) is 2.07. The van der Waals surface area contributed by atoms with Crippen LogP contribution in [0.2, 0.25) is 0 Å². The van der Waals surface area contributed by atoms with Gasteiger partial charge in [-0.05, 0) is 26.7 Å². The topological polar surface area (TPSA) is 64.9 Å². The Hall–Kier alpha value is -0.900. The molecule has 0 radical (unpaired) electrons. The molecule has 1 aromatic heterocycles. The largest absolute Gasteiger partial charge is 0.339 e. The van der Waals surface area contributed by atoms with Crippen molar-refractivity contribution in [3.8, 4) is 0 Å². The zero-order valence-corrected chi connectivity index (χ0v) is 9.49. The van der Waals surface area contributed by atoms with Crippen molar-refractivity contribution < 1.29 is 4.52 Å². The lowest BCUT2D eigenvalue weighted by Gasteiger charge is -2.14. The third-order valence-corrected chi connectivity index (χ3v) is 2.81. The van der Waals surface area contributed by atoms with E-state index in [2.05, 4.69) is 10.1 Å². The van der Waals surface area contributed by atoms with Crippen LogP contribution in [-0.4, -0.2) is 15.7 Å². The minimum absolute atomic E-state index is 0.278. The van der Waals surface area contributed by atoms with Crippen molar-refractivity contribution in [2.45, 2.75) is 57.4 Å². The number of rotatable bonds is 3. The molecule has 0 bridgehead atoms. The van der Waals surface area contributed by atoms with Crippen LogP contribution in [0.3, 0.4) is 0 Å². The van der Waals surface area contributed by atoms with E-state index in [0.717, 1.165) is 5.82 Å². The van der Waals surface area contributed by atoms with Crippen molar-refractivity contribution in [3.05, 3.63) is 11.7 Å². The fourth-order valence-corrected chi connectivity index (χ4v) is 2.08. The van der Waals surface area contributed by atoms with Gasteiger partial charge in [0.15, 0.2) is 5.82 Å². The van der Waals surface area contributed by atoms with Crippen LogP contribution in [0.1, 0.15) is 57.2 Å². The summed E-state index contributed by atoms with van der Waals surface area (Å²) in [7, 11) is 0. The summed E-state index contributed by atoms with van der Waals surface area (Å²) in [5.41, 5.74) is 5.62. The highest BCUT2D eigenvalue weighted by atomic mass is 16.5. The van der Waals surface area contributed by atoms with Crippen LogP contribution in [0.25, 0.3) is 0 Å². The van der Waals surface area contributed by atoms with Crippen molar-refractivity contribution in [1.82, 2.24) is 10.1 Å². The van der Waals surface area contributed by atoms with Crippen LogP contribution < -0.4 is 5.73 Å². The molecule has 0 unspecified atom stereocenters. The predicted octanol–water partition coefficient (Wildman–Crippen LogP) is 2.01. The maximum atomic E-state index is 5.90. The summed E-state index contributed by atoms with van der Waals surface area (Å²) in [5, 5.41) is 4.04. The summed E-state index contributed by atoms with van der Waals surface area (Å²) < 4.78 is 5.21. The van der Waals surface area contributed by atoms with Gasteiger partial charge in [0.25, 0.3) is 0 Å². The molecule has 0 saturated heterocycles. The van der Waals surface area contributed by atoms with Crippen LogP contribution in [0, 0.1) is 0 Å². The smallest absolute Gasteiger partial charge is 0.228 e. The van der Waals surface area contributed by atoms with Gasteiger partial charge in [-0.1, -0.05) is 18.0 Å². The van der Waals surface area contributed by atoms with Gasteiger partial charge < -0.3 is 10.3 Å². The van der Waals surface area contributed by atoms with Gasteiger partial charge in [-0.15, -0.1) is 0 Å². The number of nitrogens with zero attached hydrogens (tertiary/aromatic N) is 2. The number of hydrogen-bond donors (Lipinski definition) is 1. The maximum absolute atomic E-state index is 5.90. The van der Waals surface area contributed by atoms with Crippen molar-refractivity contribution in [2.24, 2.45) is 5.73 Å². The summed E-state index contributed by atoms with van der Waals surface area (Å²) >= 11 is 0. The molecule has 1 aromatic rings. The summed E-state index contributed by atoms with van der Waals surface area (Å²) in [6.45, 7) is 3.93. The lowest BCUT2D eigenvalue weighted by molar-refractivity contribution is 0.343. The molecule has 1 saturated carbocycles. The molecule has 0 amide bonds. The average Bonchev–Trinajstić information content (AvgIpc) is 2.68. The molecule has 2 N–H and O–H groups in total. The third kappa shape index (κ3) is 2.78. The first-order chi connectivity index (χ1) is 7.04. The first kappa shape index (κ1) is 10.6. The van der Waals surface area contributed by atoms with Gasteiger partial charge in [-0.2, -0.15) is 4.98 Å². The molecule has 4 heteroatoms. The third-order valence-electron chi connectivity index (χ3n) is 2.81. The van der Waals surface area contributed by atoms with Crippen LogP contribution in [0.4, 0.5) is 0 Å². The first-order valence-corrected chi connectivity index (χ1v) is 5.66. The van der Waals surface area contributed by atoms with Gasteiger partial charge in [-0.3, -0.25) is 0 Å². The average molecular weight is 209 g/mol. The Morgan fingerprint density at radius 3 is 2.67 bits per heavy atom. The highest BCUT2D eigenvalue weighted by molar-refractivity contribution is 4.99. The summed E-state index contributed by atoms with van der Waals surface area (Å²) in [6.07, 6.45) is 5.62. The van der Waals surface area contributed by atoms with Crippen molar-refractivity contribution >= 4 is 0 Å². The molecule has 0 aliphatic heterocycles. The SMILES string of the molecule is CC(C)(N)Cc1nc(C2CCCC2)no1. The van der Waals surface area contributed by atoms with Crippen LogP contribution in [0.15, 0.2) is 4.52 Å². The van der Waals surface area contributed by atoms with Gasteiger partial charge in [0.2, 0.25) is 5.89 Å². The minimum Gasteiger partial charge on any atom is -0.339 e. The monoisotopic (exact) mass is 209 g/mol. The molecular weight excluding hydrogens is 190 g/mol. The molecule has 15 heavy (non-hydrogen) atoms. The second kappa shape index (κ2) is 3.93. The van der Waals surface area contributed by atoms with E-state index in [1.165, 1.54) is 25.7 Å². The molecule has 0 aromatic carbocycles. The number of nitrogens with two attached hydrogens (primary N) is 1. The fraction of sp³-hybridized carbons (Fsp3) is 0.818. The second-order valence-corrected chi connectivity index (χ2v) is 5.19. The Kier molecular flexibility index (Phi) is 2.78. The molecule has 1 aliphatic carbocycles. The minimum atomic E-state index is -0.278. The molecule has 84 valence electrons. The van der Waals surface area contributed by atoms with Gasteiger partial charge in [-0.25, -0.2) is 0 Å². The first-order valence-electron chi connectivity index (χ1n) is 5.66. The Bertz CT molecular complexity index is 321. The Morgan fingerprint density at radius 1 is 1.40 bits per heavy atom. The molecule has 1 heterocycles. The van der Waals surface area contributed by atoms with Crippen molar-refractivity contribution in [3.63, 3.8) is 0 Å². The van der Waals surface area contributed by atoms with E-state index < -0.39 is 0 Å². The Morgan fingerprint density at radius 2 is 2.07 bits per heavy atom. The summed E-state index contributed by atoms with van der Waals surface area (Å²) in [6, 6.07) is 0. The highest BCUT2D eigenvalue weighted by Gasteiger charge is 2.23. The lowest BCUT2D eigenvalue weighted by Crippen LogP contribution is -2.34. The van der Waals surface area contributed by atoms with Crippen LogP contribution in [0.5, 0.6) is 0 Å². The molecule has 1 fully saturated rings. The van der Waals surface area contributed by atoms with E-state index in [0.29, 0.717) is 18.2 Å². The standard InChI is InChI=1S/C11H19N3O/c1-11(2,12)7-9-13-10(14-15-9)8-5-3-4-6-8/h8H,3-7,12H2,1-2H3. The number of aromatic nitrogens is 2. The van der Waals surface area contributed by atoms with Gasteiger partial charge in [0.1, 0.15) is 0 Å². The molecule has 4 nitrogen and oxygen atoms in total. The molecule has 2 rings (SSSR count). The van der Waals surface area contributed by atoms with E-state index in [1.54, 1.807) is 0 Å². The van der Waals surface area contributed by atoms with E-state index >= 15 is 0 Å². The van der Waals surface area contributed by atoms with E-state index in [4.69, 9.17) is 10.3 Å². The van der Waals surface area contributed by atoms with Crippen molar-refractivity contribution in [2.75, 3.05) is 0 Å². The quantitative estimate of drug-likeness (QED) is 0.827. The van der Waals surface area contributed by atoms with Crippen LogP contribution in [-0.2, 0) is 6.42 Å². The highest BCUT2D eigenvalue weighted by Crippen LogP contribution is 2.32. The fourth-order valence-electron chi connectivity index (χ4n) is 2.08. The Balaban J connectivity index is 2.03. The predicted molar refractivity (Wildman–Crippen MR) is 57.5 cm³/mol. The molecular formula is C11H19N3O. The van der Waals surface area contributed by atoms with Crippen molar-refractivity contribution in [1.29, 1.82) is 0 Å². The van der Waals surface area contributed by atoms with Gasteiger partial charge >= 0.3 is 0 Å². The van der Waals surface area contributed by atoms with E-state index in [9.17, 15) is 0 Å². The Labute approximate surface area is 90.2 Å². The van der Waals surface area contributed by atoms with Gasteiger partial charge in [0, 0.05) is 17.9 Å². The zero-order valence-electron chi connectivity index (χ0n) is 9.49. The normalized spacial score (nSPS) is 18.6. The number of hydrogen-bond acceptors (Lipinski definition) is 4. The second-order valence-electron chi connectivity index (χ2n) is 5.19. The summed E-state index contributed by atoms with van der Waals surface area (Å²) in [4.78, 5) is 4.42. The lowest BCUT2D eigenvalue weighted by atomic mass is 10.0. The van der Waals surface area contributed by atoms with E-state index in [-0.39, 0.29) is 5.54 Å². The zero-order chi connectivity index (χ0) is 10.9.